The summed E-state index contributed by atoms with van der Waals surface area (Å²) in [6, 6.07) is 31.6. The highest BCUT2D eigenvalue weighted by atomic mass is 35.5. The van der Waals surface area contributed by atoms with Gasteiger partial charge in [0.15, 0.2) is 0 Å². The Bertz CT molecular complexity index is 1380. The lowest BCUT2D eigenvalue weighted by Gasteiger charge is -2.37. The van der Waals surface area contributed by atoms with Crippen molar-refractivity contribution in [3.63, 3.8) is 0 Å². The third-order valence-electron chi connectivity index (χ3n) is 5.75. The molecule has 0 amide bonds. The summed E-state index contributed by atoms with van der Waals surface area (Å²) in [6.45, 7) is 0.671. The standard InChI is InChI=1S/C27H23ClN2O3S/c28-23-14-10-21(11-15-23)19-33-24-16-12-22(13-17-24)27-29-25-8-4-5-9-26(25)34(31,32)30(27)18-20-6-2-1-3-7-20/h1-17,27,29H,18-19H2. The van der Waals surface area contributed by atoms with Crippen LogP contribution < -0.4 is 10.1 Å². The normalized spacial score (nSPS) is 16.9. The Kier molecular flexibility index (Phi) is 6.28. The van der Waals surface area contributed by atoms with Gasteiger partial charge in [-0.1, -0.05) is 78.3 Å². The zero-order chi connectivity index (χ0) is 23.5. The first kappa shape index (κ1) is 22.5. The smallest absolute Gasteiger partial charge is 0.247 e. The Balaban J connectivity index is 1.42. The Morgan fingerprint density at radius 3 is 2.21 bits per heavy atom. The summed E-state index contributed by atoms with van der Waals surface area (Å²) in [5.74, 6) is 0.701. The third-order valence-corrected chi connectivity index (χ3v) is 7.87. The number of hydrogen-bond donors (Lipinski definition) is 1. The zero-order valence-corrected chi connectivity index (χ0v) is 19.8. The quantitative estimate of drug-likeness (QED) is 0.348. The molecule has 5 nitrogen and oxygen atoms in total. The number of benzene rings is 4. The number of rotatable bonds is 6. The number of anilines is 1. The van der Waals surface area contributed by atoms with Gasteiger partial charge in [-0.15, -0.1) is 0 Å². The Morgan fingerprint density at radius 1 is 0.794 bits per heavy atom. The zero-order valence-electron chi connectivity index (χ0n) is 18.3. The first-order valence-electron chi connectivity index (χ1n) is 10.9. The van der Waals surface area contributed by atoms with E-state index < -0.39 is 16.2 Å². The molecule has 4 aromatic carbocycles. The highest BCUT2D eigenvalue weighted by molar-refractivity contribution is 7.89. The van der Waals surface area contributed by atoms with Gasteiger partial charge in [-0.25, -0.2) is 8.42 Å². The second-order valence-corrected chi connectivity index (χ2v) is 10.4. The molecule has 0 aromatic heterocycles. The number of ether oxygens (including phenoxy) is 1. The van der Waals surface area contributed by atoms with Gasteiger partial charge < -0.3 is 10.1 Å². The molecule has 0 saturated carbocycles. The summed E-state index contributed by atoms with van der Waals surface area (Å²) in [6.07, 6.45) is -0.551. The average molecular weight is 491 g/mol. The van der Waals surface area contributed by atoms with E-state index in [0.717, 1.165) is 16.7 Å². The van der Waals surface area contributed by atoms with Gasteiger partial charge >= 0.3 is 0 Å². The van der Waals surface area contributed by atoms with Crippen molar-refractivity contribution in [2.75, 3.05) is 5.32 Å². The van der Waals surface area contributed by atoms with Crippen LogP contribution in [0.1, 0.15) is 22.9 Å². The molecule has 1 aliphatic rings. The highest BCUT2D eigenvalue weighted by Gasteiger charge is 2.38. The van der Waals surface area contributed by atoms with Crippen molar-refractivity contribution in [1.82, 2.24) is 4.31 Å². The molecule has 1 unspecified atom stereocenters. The van der Waals surface area contributed by atoms with Crippen LogP contribution in [-0.4, -0.2) is 12.7 Å². The molecule has 34 heavy (non-hydrogen) atoms. The van der Waals surface area contributed by atoms with Gasteiger partial charge in [0.25, 0.3) is 0 Å². The number of nitrogens with one attached hydrogen (secondary N) is 1. The molecule has 0 aliphatic carbocycles. The topological polar surface area (TPSA) is 58.6 Å². The molecule has 0 bridgehead atoms. The van der Waals surface area contributed by atoms with Gasteiger partial charge in [-0.3, -0.25) is 0 Å². The van der Waals surface area contributed by atoms with Gasteiger partial charge in [0.05, 0.1) is 5.69 Å². The number of hydrogen-bond acceptors (Lipinski definition) is 4. The maximum atomic E-state index is 13.6. The van der Waals surface area contributed by atoms with E-state index in [9.17, 15) is 8.42 Å². The molecule has 1 aliphatic heterocycles. The van der Waals surface area contributed by atoms with Crippen molar-refractivity contribution in [3.05, 3.63) is 125 Å². The van der Waals surface area contributed by atoms with E-state index in [1.807, 2.05) is 84.9 Å². The summed E-state index contributed by atoms with van der Waals surface area (Å²) < 4.78 is 34.6. The van der Waals surface area contributed by atoms with Crippen LogP contribution in [0, 0.1) is 0 Å². The average Bonchev–Trinajstić information content (AvgIpc) is 2.86. The van der Waals surface area contributed by atoms with Crippen molar-refractivity contribution >= 4 is 27.3 Å². The molecule has 0 saturated heterocycles. The van der Waals surface area contributed by atoms with Crippen LogP contribution in [0.15, 0.2) is 108 Å². The summed E-state index contributed by atoms with van der Waals surface area (Å²) in [5, 5.41) is 4.10. The summed E-state index contributed by atoms with van der Waals surface area (Å²) in [7, 11) is -3.71. The Labute approximate surface area is 204 Å². The van der Waals surface area contributed by atoms with Crippen molar-refractivity contribution in [3.8, 4) is 5.75 Å². The fourth-order valence-corrected chi connectivity index (χ4v) is 5.78. The Hall–Kier alpha value is -3.32. The lowest BCUT2D eigenvalue weighted by molar-refractivity contribution is 0.305. The third kappa shape index (κ3) is 4.66. The fourth-order valence-electron chi connectivity index (χ4n) is 3.98. The monoisotopic (exact) mass is 490 g/mol. The molecule has 4 aromatic rings. The van der Waals surface area contributed by atoms with E-state index in [0.29, 0.717) is 23.1 Å². The van der Waals surface area contributed by atoms with E-state index in [2.05, 4.69) is 5.32 Å². The number of halogens is 1. The lowest BCUT2D eigenvalue weighted by Crippen LogP contribution is -2.42. The van der Waals surface area contributed by atoms with Crippen LogP contribution in [-0.2, 0) is 23.2 Å². The van der Waals surface area contributed by atoms with E-state index >= 15 is 0 Å². The molecule has 172 valence electrons. The van der Waals surface area contributed by atoms with E-state index in [4.69, 9.17) is 16.3 Å². The van der Waals surface area contributed by atoms with Crippen molar-refractivity contribution in [2.45, 2.75) is 24.2 Å². The first-order valence-corrected chi connectivity index (χ1v) is 12.7. The van der Waals surface area contributed by atoms with Gasteiger partial charge in [0.2, 0.25) is 10.0 Å². The van der Waals surface area contributed by atoms with Crippen LogP contribution in [0.5, 0.6) is 5.75 Å². The largest absolute Gasteiger partial charge is 0.489 e. The molecule has 5 rings (SSSR count). The molecule has 1 atom stereocenters. The SMILES string of the molecule is O=S1(=O)c2ccccc2NC(c2ccc(OCc3ccc(Cl)cc3)cc2)N1Cc1ccccc1. The van der Waals surface area contributed by atoms with Crippen molar-refractivity contribution in [1.29, 1.82) is 0 Å². The maximum absolute atomic E-state index is 13.6. The van der Waals surface area contributed by atoms with Gasteiger partial charge in [-0.2, -0.15) is 4.31 Å². The van der Waals surface area contributed by atoms with Gasteiger partial charge in [-0.05, 0) is 53.1 Å². The van der Waals surface area contributed by atoms with Gasteiger partial charge in [0, 0.05) is 11.6 Å². The molecule has 0 spiro atoms. The van der Waals surface area contributed by atoms with Crippen molar-refractivity contribution in [2.24, 2.45) is 0 Å². The maximum Gasteiger partial charge on any atom is 0.247 e. The molecule has 1 heterocycles. The van der Waals surface area contributed by atoms with E-state index in [1.54, 1.807) is 18.2 Å². The van der Waals surface area contributed by atoms with Gasteiger partial charge in [0.1, 0.15) is 23.4 Å². The molecule has 0 fully saturated rings. The molecular formula is C27H23ClN2O3S. The first-order chi connectivity index (χ1) is 16.5. The fraction of sp³-hybridized carbons (Fsp3) is 0.111. The number of nitrogens with zero attached hydrogens (tertiary/aromatic N) is 1. The lowest BCUT2D eigenvalue weighted by atomic mass is 10.1. The molecule has 1 N–H and O–H groups in total. The molecule has 7 heteroatoms. The summed E-state index contributed by atoms with van der Waals surface area (Å²) in [4.78, 5) is 0.282. The predicted molar refractivity (Wildman–Crippen MR) is 134 cm³/mol. The minimum absolute atomic E-state index is 0.254. The van der Waals surface area contributed by atoms with Crippen LogP contribution in [0.3, 0.4) is 0 Å². The van der Waals surface area contributed by atoms with Crippen LogP contribution in [0.2, 0.25) is 5.02 Å². The summed E-state index contributed by atoms with van der Waals surface area (Å²) >= 11 is 5.94. The number of sulfonamides is 1. The second-order valence-electron chi connectivity index (χ2n) is 8.06. The minimum Gasteiger partial charge on any atom is -0.489 e. The Morgan fingerprint density at radius 2 is 1.47 bits per heavy atom. The van der Waals surface area contributed by atoms with E-state index in [-0.39, 0.29) is 11.4 Å². The number of para-hydroxylation sites is 1. The van der Waals surface area contributed by atoms with E-state index in [1.165, 1.54) is 4.31 Å². The summed E-state index contributed by atoms with van der Waals surface area (Å²) in [5.41, 5.74) is 3.35. The molecular weight excluding hydrogens is 468 g/mol. The number of fused-ring (bicyclic) bond motifs is 1. The molecule has 0 radical (unpaired) electrons. The van der Waals surface area contributed by atoms with Crippen LogP contribution in [0.4, 0.5) is 5.69 Å². The second kappa shape index (κ2) is 9.50. The van der Waals surface area contributed by atoms with Crippen LogP contribution in [0.25, 0.3) is 0 Å². The predicted octanol–water partition coefficient (Wildman–Crippen LogP) is 6.23. The van der Waals surface area contributed by atoms with Crippen molar-refractivity contribution < 1.29 is 13.2 Å². The van der Waals surface area contributed by atoms with Crippen LogP contribution >= 0.6 is 11.6 Å². The highest BCUT2D eigenvalue weighted by Crippen LogP contribution is 2.39. The minimum atomic E-state index is -3.71.